The van der Waals surface area contributed by atoms with Gasteiger partial charge in [0, 0.05) is 43.4 Å². The van der Waals surface area contributed by atoms with Crippen LogP contribution in [0.1, 0.15) is 25.7 Å². The second-order valence-corrected chi connectivity index (χ2v) is 10.0. The fourth-order valence-corrected chi connectivity index (χ4v) is 7.44. The molecule has 3 saturated heterocycles. The molecule has 3 atom stereocenters. The minimum absolute atomic E-state index is 0.130. The average molecular weight is 334 g/mol. The molecular formula is C14H27N3O2S2. The minimum Gasteiger partial charge on any atom is -0.329 e. The summed E-state index contributed by atoms with van der Waals surface area (Å²) in [6, 6.07) is 0.448. The van der Waals surface area contributed by atoms with Crippen LogP contribution in [0.4, 0.5) is 0 Å². The maximum Gasteiger partial charge on any atom is 0.164 e. The molecule has 21 heavy (non-hydrogen) atoms. The molecule has 3 aliphatic heterocycles. The average Bonchev–Trinajstić information content (AvgIpc) is 2.86. The van der Waals surface area contributed by atoms with Crippen LogP contribution in [-0.4, -0.2) is 79.1 Å². The van der Waals surface area contributed by atoms with Gasteiger partial charge in [-0.2, -0.15) is 11.8 Å². The monoisotopic (exact) mass is 333 g/mol. The first kappa shape index (κ1) is 16.1. The topological polar surface area (TPSA) is 66.6 Å². The van der Waals surface area contributed by atoms with Crippen LogP contribution < -0.4 is 5.73 Å². The molecule has 2 N–H and O–H groups in total. The van der Waals surface area contributed by atoms with Crippen LogP contribution in [0.5, 0.6) is 0 Å². The summed E-state index contributed by atoms with van der Waals surface area (Å²) in [4.78, 5) is 4.83. The highest BCUT2D eigenvalue weighted by Gasteiger charge is 2.54. The van der Waals surface area contributed by atoms with Crippen molar-refractivity contribution < 1.29 is 8.42 Å². The van der Waals surface area contributed by atoms with Gasteiger partial charge < -0.3 is 5.73 Å². The third-order valence-electron chi connectivity index (χ3n) is 5.57. The molecule has 0 amide bonds. The molecule has 3 rings (SSSR count). The van der Waals surface area contributed by atoms with Crippen LogP contribution >= 0.6 is 11.8 Å². The zero-order valence-electron chi connectivity index (χ0n) is 12.8. The molecule has 122 valence electrons. The smallest absolute Gasteiger partial charge is 0.164 e. The highest BCUT2D eigenvalue weighted by molar-refractivity contribution is 8.00. The number of sulfone groups is 1. The molecule has 0 aromatic carbocycles. The van der Waals surface area contributed by atoms with Crippen LogP contribution in [0, 0.1) is 0 Å². The van der Waals surface area contributed by atoms with Crippen molar-refractivity contribution in [3.8, 4) is 0 Å². The number of hydrogen-bond donors (Lipinski definition) is 1. The normalized spacial score (nSPS) is 39.3. The molecule has 3 aliphatic rings. The second kappa shape index (κ2) is 6.00. The Balaban J connectivity index is 1.93. The second-order valence-electron chi connectivity index (χ2n) is 6.66. The van der Waals surface area contributed by atoms with Crippen molar-refractivity contribution in [1.29, 1.82) is 0 Å². The molecule has 0 radical (unpaired) electrons. The van der Waals surface area contributed by atoms with Gasteiger partial charge in [-0.05, 0) is 25.8 Å². The Morgan fingerprint density at radius 2 is 2.10 bits per heavy atom. The summed E-state index contributed by atoms with van der Waals surface area (Å²) < 4.78 is 24.5. The molecule has 7 heteroatoms. The molecule has 0 aromatic heterocycles. The summed E-state index contributed by atoms with van der Waals surface area (Å²) in [6.07, 6.45) is 6.08. The van der Waals surface area contributed by atoms with E-state index in [4.69, 9.17) is 5.73 Å². The first-order chi connectivity index (χ1) is 9.99. The summed E-state index contributed by atoms with van der Waals surface area (Å²) in [5, 5.41) is -0.360. The number of thioether (sulfide) groups is 1. The van der Waals surface area contributed by atoms with Crippen molar-refractivity contribution in [2.75, 3.05) is 43.9 Å². The van der Waals surface area contributed by atoms with Gasteiger partial charge in [0.25, 0.3) is 0 Å². The SMILES string of the molecule is CS(=O)(=O)C1CSCCN1C1(CN)CCN2CCCCC21. The highest BCUT2D eigenvalue weighted by Crippen LogP contribution is 2.41. The molecule has 3 fully saturated rings. The molecule has 0 saturated carbocycles. The molecule has 5 nitrogen and oxygen atoms in total. The third kappa shape index (κ3) is 2.76. The van der Waals surface area contributed by atoms with Gasteiger partial charge in [-0.1, -0.05) is 6.42 Å². The lowest BCUT2D eigenvalue weighted by Gasteiger charge is -2.51. The van der Waals surface area contributed by atoms with Gasteiger partial charge in [-0.25, -0.2) is 8.42 Å². The van der Waals surface area contributed by atoms with E-state index in [-0.39, 0.29) is 10.9 Å². The van der Waals surface area contributed by atoms with E-state index >= 15 is 0 Å². The summed E-state index contributed by atoms with van der Waals surface area (Å²) in [7, 11) is -3.07. The van der Waals surface area contributed by atoms with E-state index in [9.17, 15) is 8.42 Å². The summed E-state index contributed by atoms with van der Waals surface area (Å²) >= 11 is 1.76. The summed E-state index contributed by atoms with van der Waals surface area (Å²) in [5.41, 5.74) is 6.11. The van der Waals surface area contributed by atoms with Crippen LogP contribution in [0.2, 0.25) is 0 Å². The maximum atomic E-state index is 12.3. The largest absolute Gasteiger partial charge is 0.329 e. The van der Waals surface area contributed by atoms with E-state index in [0.29, 0.717) is 18.3 Å². The van der Waals surface area contributed by atoms with Crippen molar-refractivity contribution in [2.45, 2.75) is 42.6 Å². The molecule has 0 bridgehead atoms. The molecule has 0 aromatic rings. The lowest BCUT2D eigenvalue weighted by molar-refractivity contribution is 0.0343. The standard InChI is InChI=1S/C14H27N3O2S2/c1-21(18,19)13-10-20-9-8-17(13)14(11-15)5-7-16-6-3-2-4-12(14)16/h12-13H,2-11,15H2,1H3. The minimum atomic E-state index is -3.07. The Bertz CT molecular complexity index is 485. The van der Waals surface area contributed by atoms with E-state index in [0.717, 1.165) is 38.2 Å². The number of nitrogens with zero attached hydrogens (tertiary/aromatic N) is 2. The van der Waals surface area contributed by atoms with Crippen molar-refractivity contribution in [1.82, 2.24) is 9.80 Å². The number of piperidine rings is 1. The third-order valence-corrected chi connectivity index (χ3v) is 8.21. The maximum absolute atomic E-state index is 12.3. The number of nitrogens with two attached hydrogens (primary N) is 1. The Kier molecular flexibility index (Phi) is 4.59. The van der Waals surface area contributed by atoms with E-state index < -0.39 is 9.84 Å². The van der Waals surface area contributed by atoms with Gasteiger partial charge in [0.2, 0.25) is 0 Å². The molecular weight excluding hydrogens is 306 g/mol. The van der Waals surface area contributed by atoms with Crippen molar-refractivity contribution in [3.05, 3.63) is 0 Å². The lowest BCUT2D eigenvalue weighted by atomic mass is 9.83. The fraction of sp³-hybridized carbons (Fsp3) is 1.00. The van der Waals surface area contributed by atoms with Gasteiger partial charge >= 0.3 is 0 Å². The quantitative estimate of drug-likeness (QED) is 0.804. The van der Waals surface area contributed by atoms with E-state index in [1.54, 1.807) is 11.8 Å². The Hall–Kier alpha value is 0.180. The fourth-order valence-electron chi connectivity index (χ4n) is 4.51. The predicted octanol–water partition coefficient (Wildman–Crippen LogP) is 0.362. The van der Waals surface area contributed by atoms with E-state index in [2.05, 4.69) is 9.80 Å². The zero-order valence-corrected chi connectivity index (χ0v) is 14.5. The van der Waals surface area contributed by atoms with Crippen LogP contribution in [0.3, 0.4) is 0 Å². The molecule has 0 spiro atoms. The molecule has 3 unspecified atom stereocenters. The number of hydrogen-bond acceptors (Lipinski definition) is 6. The van der Waals surface area contributed by atoms with Crippen LogP contribution in [0.15, 0.2) is 0 Å². The molecule has 0 aliphatic carbocycles. The molecule has 3 heterocycles. The lowest BCUT2D eigenvalue weighted by Crippen LogP contribution is -2.67. The van der Waals surface area contributed by atoms with Gasteiger partial charge in [0.05, 0.1) is 5.54 Å². The van der Waals surface area contributed by atoms with Gasteiger partial charge in [-0.15, -0.1) is 0 Å². The van der Waals surface area contributed by atoms with Gasteiger partial charge in [0.1, 0.15) is 5.37 Å². The first-order valence-corrected chi connectivity index (χ1v) is 11.1. The number of fused-ring (bicyclic) bond motifs is 1. The van der Waals surface area contributed by atoms with Gasteiger partial charge in [-0.3, -0.25) is 9.80 Å². The summed E-state index contributed by atoms with van der Waals surface area (Å²) in [6.45, 7) is 3.65. The van der Waals surface area contributed by atoms with Crippen molar-refractivity contribution in [3.63, 3.8) is 0 Å². The highest BCUT2D eigenvalue weighted by atomic mass is 32.2. The van der Waals surface area contributed by atoms with Crippen LogP contribution in [0.25, 0.3) is 0 Å². The number of rotatable bonds is 3. The summed E-state index contributed by atoms with van der Waals surface area (Å²) in [5.74, 6) is 1.70. The Morgan fingerprint density at radius 3 is 2.81 bits per heavy atom. The Labute approximate surface area is 132 Å². The van der Waals surface area contributed by atoms with E-state index in [1.165, 1.54) is 19.1 Å². The zero-order chi connectivity index (χ0) is 15.1. The van der Waals surface area contributed by atoms with Gasteiger partial charge in [0.15, 0.2) is 9.84 Å². The first-order valence-electron chi connectivity index (χ1n) is 7.96. The van der Waals surface area contributed by atoms with E-state index in [1.807, 2.05) is 0 Å². The van der Waals surface area contributed by atoms with Crippen molar-refractivity contribution >= 4 is 21.6 Å². The van der Waals surface area contributed by atoms with Crippen LogP contribution in [-0.2, 0) is 9.84 Å². The van der Waals surface area contributed by atoms with Crippen molar-refractivity contribution in [2.24, 2.45) is 5.73 Å². The predicted molar refractivity (Wildman–Crippen MR) is 88.3 cm³/mol. The Morgan fingerprint density at radius 1 is 1.29 bits per heavy atom.